The van der Waals surface area contributed by atoms with E-state index in [-0.39, 0.29) is 11.9 Å². The number of ether oxygens (including phenoxy) is 1. The van der Waals surface area contributed by atoms with Gasteiger partial charge in [0.1, 0.15) is 5.75 Å². The van der Waals surface area contributed by atoms with Crippen molar-refractivity contribution in [3.05, 3.63) is 64.7 Å². The topological polar surface area (TPSA) is 38.3 Å². The summed E-state index contributed by atoms with van der Waals surface area (Å²) in [7, 11) is 1.67. The van der Waals surface area contributed by atoms with E-state index < -0.39 is 0 Å². The van der Waals surface area contributed by atoms with Gasteiger partial charge >= 0.3 is 0 Å². The molecule has 0 saturated heterocycles. The summed E-state index contributed by atoms with van der Waals surface area (Å²) in [6.07, 6.45) is 0.837. The fourth-order valence-corrected chi connectivity index (χ4v) is 2.49. The first-order valence-electron chi connectivity index (χ1n) is 7.57. The lowest BCUT2D eigenvalue weighted by Crippen LogP contribution is -2.28. The highest BCUT2D eigenvalue weighted by molar-refractivity contribution is 5.94. The van der Waals surface area contributed by atoms with Crippen molar-refractivity contribution < 1.29 is 9.53 Å². The first kappa shape index (κ1) is 16.1. The van der Waals surface area contributed by atoms with Gasteiger partial charge in [0.05, 0.1) is 13.2 Å². The Morgan fingerprint density at radius 3 is 2.36 bits per heavy atom. The molecule has 0 spiro atoms. The van der Waals surface area contributed by atoms with E-state index in [0.717, 1.165) is 28.9 Å². The summed E-state index contributed by atoms with van der Waals surface area (Å²) >= 11 is 0. The quantitative estimate of drug-likeness (QED) is 0.898. The zero-order valence-corrected chi connectivity index (χ0v) is 13.6. The Kier molecular flexibility index (Phi) is 5.21. The molecular formula is C19H23NO2. The van der Waals surface area contributed by atoms with Gasteiger partial charge in [0, 0.05) is 5.56 Å². The number of carbonyl (C=O) groups is 1. The van der Waals surface area contributed by atoms with Gasteiger partial charge in [0.25, 0.3) is 5.91 Å². The monoisotopic (exact) mass is 297 g/mol. The summed E-state index contributed by atoms with van der Waals surface area (Å²) in [5, 5.41) is 3.10. The highest BCUT2D eigenvalue weighted by Gasteiger charge is 2.15. The lowest BCUT2D eigenvalue weighted by atomic mass is 10.0. The number of carbonyl (C=O) groups excluding carboxylic acids is 1. The van der Waals surface area contributed by atoms with Crippen LogP contribution in [0.25, 0.3) is 0 Å². The Morgan fingerprint density at radius 2 is 1.82 bits per heavy atom. The van der Waals surface area contributed by atoms with Crippen LogP contribution in [0.4, 0.5) is 0 Å². The number of hydrogen-bond donors (Lipinski definition) is 1. The van der Waals surface area contributed by atoms with E-state index in [1.165, 1.54) is 0 Å². The van der Waals surface area contributed by atoms with Gasteiger partial charge in [0.15, 0.2) is 0 Å². The number of aryl methyl sites for hydroxylation is 2. The average Bonchev–Trinajstić information content (AvgIpc) is 2.53. The third kappa shape index (κ3) is 3.67. The molecule has 0 aromatic heterocycles. The maximum Gasteiger partial charge on any atom is 0.251 e. The number of methoxy groups -OCH3 is 1. The largest absolute Gasteiger partial charge is 0.496 e. The normalized spacial score (nSPS) is 11.8. The molecule has 116 valence electrons. The highest BCUT2D eigenvalue weighted by Crippen LogP contribution is 2.24. The van der Waals surface area contributed by atoms with Crippen LogP contribution in [0.3, 0.4) is 0 Å². The average molecular weight is 297 g/mol. The lowest BCUT2D eigenvalue weighted by Gasteiger charge is -2.19. The third-order valence-corrected chi connectivity index (χ3v) is 3.85. The predicted octanol–water partition coefficient (Wildman–Crippen LogP) is 4.19. The second kappa shape index (κ2) is 7.12. The SMILES string of the molecule is CC[C@@H](NC(=O)c1ccc(C)cc1)c1ccc(OC)c(C)c1. The van der Waals surface area contributed by atoms with Gasteiger partial charge in [-0.05, 0) is 49.6 Å². The molecule has 2 rings (SSSR count). The molecule has 1 N–H and O–H groups in total. The fraction of sp³-hybridized carbons (Fsp3) is 0.316. The van der Waals surface area contributed by atoms with Crippen molar-refractivity contribution in [2.45, 2.75) is 33.2 Å². The smallest absolute Gasteiger partial charge is 0.251 e. The van der Waals surface area contributed by atoms with E-state index in [1.54, 1.807) is 7.11 Å². The van der Waals surface area contributed by atoms with Gasteiger partial charge in [0.2, 0.25) is 0 Å². The molecule has 0 unspecified atom stereocenters. The summed E-state index contributed by atoms with van der Waals surface area (Å²) < 4.78 is 5.29. The highest BCUT2D eigenvalue weighted by atomic mass is 16.5. The van der Waals surface area contributed by atoms with Crippen LogP contribution in [0.5, 0.6) is 5.75 Å². The van der Waals surface area contributed by atoms with Gasteiger partial charge < -0.3 is 10.1 Å². The molecule has 1 amide bonds. The molecule has 22 heavy (non-hydrogen) atoms. The van der Waals surface area contributed by atoms with Crippen molar-refractivity contribution in [2.75, 3.05) is 7.11 Å². The maximum atomic E-state index is 12.4. The van der Waals surface area contributed by atoms with E-state index in [2.05, 4.69) is 18.3 Å². The molecule has 1 atom stereocenters. The van der Waals surface area contributed by atoms with Crippen molar-refractivity contribution in [2.24, 2.45) is 0 Å². The number of benzene rings is 2. The van der Waals surface area contributed by atoms with Crippen molar-refractivity contribution in [3.63, 3.8) is 0 Å². The number of rotatable bonds is 5. The van der Waals surface area contributed by atoms with Crippen LogP contribution < -0.4 is 10.1 Å². The van der Waals surface area contributed by atoms with Crippen LogP contribution >= 0.6 is 0 Å². The van der Waals surface area contributed by atoms with E-state index in [0.29, 0.717) is 5.56 Å². The van der Waals surface area contributed by atoms with Crippen LogP contribution in [0.2, 0.25) is 0 Å². The zero-order valence-electron chi connectivity index (χ0n) is 13.6. The van der Waals surface area contributed by atoms with Crippen molar-refractivity contribution in [1.29, 1.82) is 0 Å². The molecule has 2 aromatic carbocycles. The molecule has 3 heteroatoms. The Balaban J connectivity index is 2.16. The third-order valence-electron chi connectivity index (χ3n) is 3.85. The number of amides is 1. The maximum absolute atomic E-state index is 12.4. The molecule has 0 aliphatic heterocycles. The van der Waals surface area contributed by atoms with Gasteiger partial charge in [-0.1, -0.05) is 36.8 Å². The zero-order chi connectivity index (χ0) is 16.1. The summed E-state index contributed by atoms with van der Waals surface area (Å²) in [5.41, 5.74) is 4.01. The molecule has 0 radical (unpaired) electrons. The van der Waals surface area contributed by atoms with Crippen LogP contribution in [-0.4, -0.2) is 13.0 Å². The Labute approximate surface area is 132 Å². The van der Waals surface area contributed by atoms with Gasteiger partial charge in [-0.3, -0.25) is 4.79 Å². The van der Waals surface area contributed by atoms with Crippen molar-refractivity contribution in [3.8, 4) is 5.75 Å². The van der Waals surface area contributed by atoms with E-state index >= 15 is 0 Å². The molecule has 0 fully saturated rings. The van der Waals surface area contributed by atoms with Gasteiger partial charge in [-0.15, -0.1) is 0 Å². The number of nitrogens with one attached hydrogen (secondary N) is 1. The Hall–Kier alpha value is -2.29. The van der Waals surface area contributed by atoms with Crippen LogP contribution in [0.15, 0.2) is 42.5 Å². The minimum Gasteiger partial charge on any atom is -0.496 e. The summed E-state index contributed by atoms with van der Waals surface area (Å²) in [6.45, 7) is 6.09. The molecule has 3 nitrogen and oxygen atoms in total. The van der Waals surface area contributed by atoms with E-state index in [9.17, 15) is 4.79 Å². The summed E-state index contributed by atoms with van der Waals surface area (Å²) in [5.74, 6) is 0.823. The van der Waals surface area contributed by atoms with E-state index in [4.69, 9.17) is 4.74 Å². The predicted molar refractivity (Wildman–Crippen MR) is 89.4 cm³/mol. The molecule has 0 aliphatic carbocycles. The molecule has 0 aliphatic rings. The second-order valence-electron chi connectivity index (χ2n) is 5.53. The minimum absolute atomic E-state index is 0.00147. The molecular weight excluding hydrogens is 274 g/mol. The second-order valence-corrected chi connectivity index (χ2v) is 5.53. The van der Waals surface area contributed by atoms with Gasteiger partial charge in [-0.2, -0.15) is 0 Å². The standard InChI is InChI=1S/C19H23NO2/c1-5-17(16-10-11-18(22-4)14(3)12-16)20-19(21)15-8-6-13(2)7-9-15/h6-12,17H,5H2,1-4H3,(H,20,21)/t17-/m1/s1. The Bertz CT molecular complexity index is 647. The first-order valence-corrected chi connectivity index (χ1v) is 7.57. The minimum atomic E-state index is -0.0414. The van der Waals surface area contributed by atoms with Crippen LogP contribution in [0.1, 0.15) is 46.4 Å². The van der Waals surface area contributed by atoms with Crippen LogP contribution in [-0.2, 0) is 0 Å². The molecule has 2 aromatic rings. The lowest BCUT2D eigenvalue weighted by molar-refractivity contribution is 0.0935. The van der Waals surface area contributed by atoms with Crippen LogP contribution in [0, 0.1) is 13.8 Å². The van der Waals surface area contributed by atoms with Gasteiger partial charge in [-0.25, -0.2) is 0 Å². The summed E-state index contributed by atoms with van der Waals surface area (Å²) in [4.78, 5) is 12.4. The van der Waals surface area contributed by atoms with Crippen molar-refractivity contribution in [1.82, 2.24) is 5.32 Å². The summed E-state index contributed by atoms with van der Waals surface area (Å²) in [6, 6.07) is 13.6. The van der Waals surface area contributed by atoms with Crippen molar-refractivity contribution >= 4 is 5.91 Å². The van der Waals surface area contributed by atoms with E-state index in [1.807, 2.05) is 50.2 Å². The number of hydrogen-bond acceptors (Lipinski definition) is 2. The molecule has 0 saturated carbocycles. The fourth-order valence-electron chi connectivity index (χ4n) is 2.49. The molecule has 0 bridgehead atoms. The Morgan fingerprint density at radius 1 is 1.14 bits per heavy atom. The first-order chi connectivity index (χ1) is 10.5. The molecule has 0 heterocycles.